The van der Waals surface area contributed by atoms with E-state index in [4.69, 9.17) is 10.00 Å². The van der Waals surface area contributed by atoms with Crippen LogP contribution < -0.4 is 4.74 Å². The largest absolute Gasteiger partial charge is 0.491 e. The van der Waals surface area contributed by atoms with Gasteiger partial charge in [0.1, 0.15) is 24.3 Å². The SMILES string of the molecule is N#Cc1ccc(OCC(O)Cn2ccnc2-c2cccnc2)cc1. The van der Waals surface area contributed by atoms with Gasteiger partial charge in [-0.3, -0.25) is 4.98 Å². The fraction of sp³-hybridized carbons (Fsp3) is 0.167. The van der Waals surface area contributed by atoms with E-state index in [0.29, 0.717) is 17.9 Å². The first-order chi connectivity index (χ1) is 11.8. The number of aliphatic hydroxyl groups is 1. The number of ether oxygens (including phenoxy) is 1. The number of hydrogen-bond donors (Lipinski definition) is 1. The van der Waals surface area contributed by atoms with Gasteiger partial charge in [-0.05, 0) is 36.4 Å². The van der Waals surface area contributed by atoms with Crippen molar-refractivity contribution in [2.75, 3.05) is 6.61 Å². The second-order valence-electron chi connectivity index (χ2n) is 5.25. The molecule has 1 unspecified atom stereocenters. The summed E-state index contributed by atoms with van der Waals surface area (Å²) in [5.41, 5.74) is 1.46. The van der Waals surface area contributed by atoms with Gasteiger partial charge >= 0.3 is 0 Å². The van der Waals surface area contributed by atoms with Crippen molar-refractivity contribution in [3.05, 3.63) is 66.7 Å². The summed E-state index contributed by atoms with van der Waals surface area (Å²) in [7, 11) is 0. The van der Waals surface area contributed by atoms with Crippen LogP contribution in [0.1, 0.15) is 5.56 Å². The first-order valence-corrected chi connectivity index (χ1v) is 7.49. The molecule has 0 aliphatic heterocycles. The molecule has 1 N–H and O–H groups in total. The van der Waals surface area contributed by atoms with Crippen molar-refractivity contribution in [2.45, 2.75) is 12.6 Å². The summed E-state index contributed by atoms with van der Waals surface area (Å²) < 4.78 is 7.42. The van der Waals surface area contributed by atoms with Crippen molar-refractivity contribution in [1.29, 1.82) is 5.26 Å². The minimum absolute atomic E-state index is 0.149. The molecular formula is C18H16N4O2. The Morgan fingerprint density at radius 1 is 1.21 bits per heavy atom. The van der Waals surface area contributed by atoms with E-state index in [-0.39, 0.29) is 6.61 Å². The molecule has 0 fully saturated rings. The third kappa shape index (κ3) is 3.77. The lowest BCUT2D eigenvalue weighted by Gasteiger charge is -2.14. The van der Waals surface area contributed by atoms with Crippen molar-refractivity contribution in [3.63, 3.8) is 0 Å². The molecule has 1 atom stereocenters. The summed E-state index contributed by atoms with van der Waals surface area (Å²) in [5.74, 6) is 1.37. The second kappa shape index (κ2) is 7.40. The van der Waals surface area contributed by atoms with E-state index in [1.807, 2.05) is 22.9 Å². The second-order valence-corrected chi connectivity index (χ2v) is 5.25. The lowest BCUT2D eigenvalue weighted by molar-refractivity contribution is 0.0929. The van der Waals surface area contributed by atoms with Crippen molar-refractivity contribution < 1.29 is 9.84 Å². The van der Waals surface area contributed by atoms with Crippen LogP contribution in [0.5, 0.6) is 5.75 Å². The van der Waals surface area contributed by atoms with Gasteiger partial charge in [0.15, 0.2) is 0 Å². The Kier molecular flexibility index (Phi) is 4.84. The highest BCUT2D eigenvalue weighted by Gasteiger charge is 2.11. The van der Waals surface area contributed by atoms with E-state index >= 15 is 0 Å². The fourth-order valence-electron chi connectivity index (χ4n) is 2.31. The van der Waals surface area contributed by atoms with Crippen LogP contribution in [-0.2, 0) is 6.54 Å². The van der Waals surface area contributed by atoms with Crippen molar-refractivity contribution in [3.8, 4) is 23.2 Å². The molecule has 1 aromatic carbocycles. The Bertz CT molecular complexity index is 822. The molecule has 0 radical (unpaired) electrons. The van der Waals surface area contributed by atoms with E-state index in [1.165, 1.54) is 0 Å². The number of rotatable bonds is 6. The zero-order chi connectivity index (χ0) is 16.8. The third-order valence-electron chi connectivity index (χ3n) is 3.47. The molecule has 120 valence electrons. The van der Waals surface area contributed by atoms with Crippen LogP contribution in [0, 0.1) is 11.3 Å². The Hall–Kier alpha value is -3.17. The standard InChI is InChI=1S/C18H16N4O2/c19-10-14-3-5-17(6-4-14)24-13-16(23)12-22-9-8-21-18(22)15-2-1-7-20-11-15/h1-9,11,16,23H,12-13H2. The summed E-state index contributed by atoms with van der Waals surface area (Å²) in [6, 6.07) is 12.6. The van der Waals surface area contributed by atoms with E-state index in [9.17, 15) is 5.11 Å². The predicted molar refractivity (Wildman–Crippen MR) is 88.1 cm³/mol. The van der Waals surface area contributed by atoms with Crippen LogP contribution >= 0.6 is 0 Å². The van der Waals surface area contributed by atoms with Gasteiger partial charge in [0.25, 0.3) is 0 Å². The average molecular weight is 320 g/mol. The molecule has 0 saturated heterocycles. The maximum atomic E-state index is 10.2. The lowest BCUT2D eigenvalue weighted by atomic mass is 10.2. The predicted octanol–water partition coefficient (Wildman–Crippen LogP) is 2.26. The molecule has 0 aliphatic rings. The van der Waals surface area contributed by atoms with Crippen LogP contribution in [-0.4, -0.2) is 32.4 Å². The topological polar surface area (TPSA) is 84.0 Å². The van der Waals surface area contributed by atoms with E-state index in [0.717, 1.165) is 11.4 Å². The molecule has 24 heavy (non-hydrogen) atoms. The van der Waals surface area contributed by atoms with Gasteiger partial charge in [-0.2, -0.15) is 5.26 Å². The molecule has 0 amide bonds. The molecule has 0 bridgehead atoms. The van der Waals surface area contributed by atoms with Gasteiger partial charge in [0, 0.05) is 30.4 Å². The van der Waals surface area contributed by atoms with Crippen molar-refractivity contribution in [2.24, 2.45) is 0 Å². The number of benzene rings is 1. The van der Waals surface area contributed by atoms with Crippen LogP contribution in [0.25, 0.3) is 11.4 Å². The van der Waals surface area contributed by atoms with E-state index < -0.39 is 6.10 Å². The Balaban J connectivity index is 1.60. The van der Waals surface area contributed by atoms with Crippen molar-refractivity contribution >= 4 is 0 Å². The highest BCUT2D eigenvalue weighted by atomic mass is 16.5. The van der Waals surface area contributed by atoms with Crippen molar-refractivity contribution in [1.82, 2.24) is 14.5 Å². The van der Waals surface area contributed by atoms with Crippen LogP contribution in [0.15, 0.2) is 61.2 Å². The maximum Gasteiger partial charge on any atom is 0.141 e. The van der Waals surface area contributed by atoms with Gasteiger partial charge in [-0.15, -0.1) is 0 Å². The quantitative estimate of drug-likeness (QED) is 0.753. The summed E-state index contributed by atoms with van der Waals surface area (Å²) >= 11 is 0. The molecule has 3 aromatic rings. The first kappa shape index (κ1) is 15.7. The van der Waals surface area contributed by atoms with Gasteiger partial charge < -0.3 is 14.4 Å². The molecule has 2 aromatic heterocycles. The first-order valence-electron chi connectivity index (χ1n) is 7.49. The number of aliphatic hydroxyl groups excluding tert-OH is 1. The summed E-state index contributed by atoms with van der Waals surface area (Å²) in [5, 5.41) is 19.0. The van der Waals surface area contributed by atoms with Gasteiger partial charge in [0.05, 0.1) is 18.2 Å². The maximum absolute atomic E-state index is 10.2. The zero-order valence-electron chi connectivity index (χ0n) is 12.9. The Morgan fingerprint density at radius 2 is 2.04 bits per heavy atom. The van der Waals surface area contributed by atoms with Gasteiger partial charge in [-0.25, -0.2) is 4.98 Å². The van der Waals surface area contributed by atoms with Gasteiger partial charge in [0.2, 0.25) is 0 Å². The van der Waals surface area contributed by atoms with Crippen LogP contribution in [0.2, 0.25) is 0 Å². The fourth-order valence-corrected chi connectivity index (χ4v) is 2.31. The molecule has 3 rings (SSSR count). The molecule has 0 saturated carbocycles. The number of imidazole rings is 1. The normalized spacial score (nSPS) is 11.7. The zero-order valence-corrected chi connectivity index (χ0v) is 12.9. The smallest absolute Gasteiger partial charge is 0.141 e. The number of hydrogen-bond acceptors (Lipinski definition) is 5. The summed E-state index contributed by atoms with van der Waals surface area (Å²) in [6.07, 6.45) is 6.25. The Labute approximate surface area is 139 Å². The van der Waals surface area contributed by atoms with Crippen LogP contribution in [0.4, 0.5) is 0 Å². The highest BCUT2D eigenvalue weighted by Crippen LogP contribution is 2.17. The van der Waals surface area contributed by atoms with Crippen LogP contribution in [0.3, 0.4) is 0 Å². The molecular weight excluding hydrogens is 304 g/mol. The third-order valence-corrected chi connectivity index (χ3v) is 3.47. The molecule has 0 spiro atoms. The van der Waals surface area contributed by atoms with E-state index in [1.54, 1.807) is 42.9 Å². The number of nitriles is 1. The lowest BCUT2D eigenvalue weighted by Crippen LogP contribution is -2.23. The number of pyridine rings is 1. The highest BCUT2D eigenvalue weighted by molar-refractivity contribution is 5.53. The average Bonchev–Trinajstić information content (AvgIpc) is 3.09. The minimum atomic E-state index is -0.690. The number of aromatic nitrogens is 3. The Morgan fingerprint density at radius 3 is 2.75 bits per heavy atom. The number of nitrogens with zero attached hydrogens (tertiary/aromatic N) is 4. The minimum Gasteiger partial charge on any atom is -0.491 e. The molecule has 0 aliphatic carbocycles. The summed E-state index contributed by atoms with van der Waals surface area (Å²) in [4.78, 5) is 8.40. The summed E-state index contributed by atoms with van der Waals surface area (Å²) in [6.45, 7) is 0.511. The van der Waals surface area contributed by atoms with E-state index in [2.05, 4.69) is 16.0 Å². The molecule has 2 heterocycles. The molecule has 6 nitrogen and oxygen atoms in total. The molecule has 6 heteroatoms. The van der Waals surface area contributed by atoms with Gasteiger partial charge in [-0.1, -0.05) is 0 Å². The monoisotopic (exact) mass is 320 g/mol.